The maximum atomic E-state index is 12.8. The highest BCUT2D eigenvalue weighted by Crippen LogP contribution is 2.31. The van der Waals surface area contributed by atoms with Gasteiger partial charge in [0.25, 0.3) is 0 Å². The monoisotopic (exact) mass is 316 g/mol. The van der Waals surface area contributed by atoms with Crippen LogP contribution in [-0.4, -0.2) is 70.4 Å². The van der Waals surface area contributed by atoms with Gasteiger partial charge < -0.3 is 14.5 Å². The minimum atomic E-state index is 0.00464. The first-order valence-electron chi connectivity index (χ1n) is 7.99. The van der Waals surface area contributed by atoms with Crippen molar-refractivity contribution in [3.8, 4) is 0 Å². The Bertz CT molecular complexity index is 711. The van der Waals surface area contributed by atoms with Crippen molar-refractivity contribution >= 4 is 22.8 Å². The number of aromatic amines is 1. The molecule has 0 aliphatic carbocycles. The predicted octanol–water partition coefficient (Wildman–Crippen LogP) is 0.284. The Morgan fingerprint density at radius 2 is 2.13 bits per heavy atom. The summed E-state index contributed by atoms with van der Waals surface area (Å²) < 4.78 is 5.34. The van der Waals surface area contributed by atoms with Gasteiger partial charge in [0.15, 0.2) is 5.65 Å². The molecule has 2 fully saturated rings. The highest BCUT2D eigenvalue weighted by atomic mass is 16.5. The summed E-state index contributed by atoms with van der Waals surface area (Å²) in [5.74, 6) is 1.39. The zero-order valence-corrected chi connectivity index (χ0v) is 13.1. The standard InChI is InChI=1S/C15H20N6O2/c1-10-7-21(14-11-6-18-19-13(11)16-9-17-14)8-12(10)15(22)20-2-4-23-5-3-20/h6,9-10,12H,2-5,7-8H2,1H3,(H,16,17,18,19)/t10-,12-/m1/s1. The molecular formula is C15H20N6O2. The van der Waals surface area contributed by atoms with Crippen LogP contribution in [0.15, 0.2) is 12.5 Å². The van der Waals surface area contributed by atoms with E-state index in [0.29, 0.717) is 38.8 Å². The van der Waals surface area contributed by atoms with Gasteiger partial charge in [-0.25, -0.2) is 9.97 Å². The van der Waals surface area contributed by atoms with Crippen molar-refractivity contribution in [2.45, 2.75) is 6.92 Å². The molecule has 4 heterocycles. The molecule has 2 saturated heterocycles. The number of hydrogen-bond acceptors (Lipinski definition) is 6. The molecule has 0 radical (unpaired) electrons. The van der Waals surface area contributed by atoms with Crippen molar-refractivity contribution in [1.29, 1.82) is 0 Å². The fraction of sp³-hybridized carbons (Fsp3) is 0.600. The maximum Gasteiger partial charge on any atom is 0.227 e. The molecule has 2 atom stereocenters. The minimum absolute atomic E-state index is 0.00464. The predicted molar refractivity (Wildman–Crippen MR) is 83.9 cm³/mol. The molecule has 2 aromatic heterocycles. The number of ether oxygens (including phenoxy) is 1. The van der Waals surface area contributed by atoms with Crippen LogP contribution in [-0.2, 0) is 9.53 Å². The first-order chi connectivity index (χ1) is 11.2. The second kappa shape index (κ2) is 5.77. The molecule has 8 nitrogen and oxygen atoms in total. The normalized spacial score (nSPS) is 25.3. The summed E-state index contributed by atoms with van der Waals surface area (Å²) in [6.45, 7) is 6.31. The molecule has 4 rings (SSSR count). The third kappa shape index (κ3) is 2.52. The maximum absolute atomic E-state index is 12.8. The van der Waals surface area contributed by atoms with Crippen molar-refractivity contribution in [1.82, 2.24) is 25.1 Å². The van der Waals surface area contributed by atoms with Crippen LogP contribution in [0.25, 0.3) is 11.0 Å². The quantitative estimate of drug-likeness (QED) is 0.856. The van der Waals surface area contributed by atoms with Crippen LogP contribution in [0, 0.1) is 11.8 Å². The van der Waals surface area contributed by atoms with Gasteiger partial charge in [-0.15, -0.1) is 0 Å². The lowest BCUT2D eigenvalue weighted by Gasteiger charge is -2.30. The molecule has 23 heavy (non-hydrogen) atoms. The molecule has 2 aliphatic heterocycles. The summed E-state index contributed by atoms with van der Waals surface area (Å²) in [4.78, 5) is 25.5. The molecule has 8 heteroatoms. The van der Waals surface area contributed by atoms with E-state index in [1.807, 2.05) is 4.90 Å². The Kier molecular flexibility index (Phi) is 3.60. The molecule has 2 aromatic rings. The van der Waals surface area contributed by atoms with Crippen LogP contribution in [0.1, 0.15) is 6.92 Å². The summed E-state index contributed by atoms with van der Waals surface area (Å²) in [5.41, 5.74) is 0.727. The lowest BCUT2D eigenvalue weighted by molar-refractivity contribution is -0.140. The van der Waals surface area contributed by atoms with Gasteiger partial charge in [0.1, 0.15) is 12.1 Å². The number of nitrogens with one attached hydrogen (secondary N) is 1. The van der Waals surface area contributed by atoms with E-state index in [0.717, 1.165) is 23.4 Å². The third-order valence-corrected chi connectivity index (χ3v) is 4.78. The number of morpholine rings is 1. The number of amides is 1. The Morgan fingerprint density at radius 1 is 1.30 bits per heavy atom. The number of carbonyl (C=O) groups is 1. The van der Waals surface area contributed by atoms with Crippen LogP contribution < -0.4 is 4.90 Å². The van der Waals surface area contributed by atoms with Gasteiger partial charge in [-0.2, -0.15) is 5.10 Å². The van der Waals surface area contributed by atoms with Crippen LogP contribution in [0.2, 0.25) is 0 Å². The molecule has 122 valence electrons. The van der Waals surface area contributed by atoms with Crippen molar-refractivity contribution in [3.05, 3.63) is 12.5 Å². The summed E-state index contributed by atoms with van der Waals surface area (Å²) in [6, 6.07) is 0. The van der Waals surface area contributed by atoms with Crippen LogP contribution in [0.5, 0.6) is 0 Å². The first kappa shape index (κ1) is 14.4. The van der Waals surface area contributed by atoms with Gasteiger partial charge in [-0.3, -0.25) is 9.89 Å². The number of carbonyl (C=O) groups excluding carboxylic acids is 1. The van der Waals surface area contributed by atoms with Gasteiger partial charge in [0.05, 0.1) is 30.7 Å². The van der Waals surface area contributed by atoms with E-state index in [9.17, 15) is 4.79 Å². The van der Waals surface area contributed by atoms with Gasteiger partial charge in [-0.05, 0) is 5.92 Å². The van der Waals surface area contributed by atoms with E-state index >= 15 is 0 Å². The lowest BCUT2D eigenvalue weighted by atomic mass is 9.96. The van der Waals surface area contributed by atoms with E-state index in [-0.39, 0.29) is 11.8 Å². The summed E-state index contributed by atoms with van der Waals surface area (Å²) >= 11 is 0. The summed E-state index contributed by atoms with van der Waals surface area (Å²) in [6.07, 6.45) is 3.28. The number of hydrogen-bond donors (Lipinski definition) is 1. The van der Waals surface area contributed by atoms with Gasteiger partial charge in [-0.1, -0.05) is 6.92 Å². The van der Waals surface area contributed by atoms with E-state index in [4.69, 9.17) is 4.74 Å². The number of H-pyrrole nitrogens is 1. The Hall–Kier alpha value is -2.22. The number of aromatic nitrogens is 4. The van der Waals surface area contributed by atoms with Crippen LogP contribution in [0.3, 0.4) is 0 Å². The summed E-state index contributed by atoms with van der Waals surface area (Å²) in [5, 5.41) is 7.80. The fourth-order valence-electron chi connectivity index (χ4n) is 3.48. The lowest BCUT2D eigenvalue weighted by Crippen LogP contribution is -2.45. The molecule has 0 aromatic carbocycles. The molecular weight excluding hydrogens is 296 g/mol. The zero-order chi connectivity index (χ0) is 15.8. The molecule has 0 bridgehead atoms. The summed E-state index contributed by atoms with van der Waals surface area (Å²) in [7, 11) is 0. The number of nitrogens with zero attached hydrogens (tertiary/aromatic N) is 5. The van der Waals surface area contributed by atoms with Gasteiger partial charge >= 0.3 is 0 Å². The van der Waals surface area contributed by atoms with Gasteiger partial charge in [0.2, 0.25) is 5.91 Å². The third-order valence-electron chi connectivity index (χ3n) is 4.78. The van der Waals surface area contributed by atoms with E-state index in [1.54, 1.807) is 6.20 Å². The average molecular weight is 316 g/mol. The average Bonchev–Trinajstić information content (AvgIpc) is 3.21. The van der Waals surface area contributed by atoms with Crippen molar-refractivity contribution in [2.24, 2.45) is 11.8 Å². The highest BCUT2D eigenvalue weighted by Gasteiger charge is 2.38. The topological polar surface area (TPSA) is 87.2 Å². The minimum Gasteiger partial charge on any atom is -0.378 e. The Balaban J connectivity index is 1.55. The zero-order valence-electron chi connectivity index (χ0n) is 13.1. The highest BCUT2D eigenvalue weighted by molar-refractivity contribution is 5.87. The molecule has 2 aliphatic rings. The van der Waals surface area contributed by atoms with Crippen molar-refractivity contribution in [2.75, 3.05) is 44.3 Å². The molecule has 1 amide bonds. The van der Waals surface area contributed by atoms with Crippen LogP contribution >= 0.6 is 0 Å². The van der Waals surface area contributed by atoms with E-state index in [2.05, 4.69) is 32.0 Å². The molecule has 0 saturated carbocycles. The smallest absolute Gasteiger partial charge is 0.227 e. The Labute approximate surface area is 133 Å². The Morgan fingerprint density at radius 3 is 2.96 bits per heavy atom. The fourth-order valence-corrected chi connectivity index (χ4v) is 3.48. The second-order valence-electron chi connectivity index (χ2n) is 6.26. The first-order valence-corrected chi connectivity index (χ1v) is 7.99. The molecule has 1 N–H and O–H groups in total. The van der Waals surface area contributed by atoms with Gasteiger partial charge in [0, 0.05) is 26.2 Å². The molecule has 0 unspecified atom stereocenters. The number of anilines is 1. The number of rotatable bonds is 2. The van der Waals surface area contributed by atoms with E-state index < -0.39 is 0 Å². The van der Waals surface area contributed by atoms with Crippen molar-refractivity contribution < 1.29 is 9.53 Å². The second-order valence-corrected chi connectivity index (χ2v) is 6.26. The SMILES string of the molecule is C[C@@H]1CN(c2ncnc3[nH]ncc23)C[C@H]1C(=O)N1CCOCC1. The largest absolute Gasteiger partial charge is 0.378 e. The molecule has 0 spiro atoms. The van der Waals surface area contributed by atoms with E-state index in [1.165, 1.54) is 6.33 Å². The van der Waals surface area contributed by atoms with Crippen LogP contribution in [0.4, 0.5) is 5.82 Å². The van der Waals surface area contributed by atoms with Crippen molar-refractivity contribution in [3.63, 3.8) is 0 Å². The number of fused-ring (bicyclic) bond motifs is 1.